The molecule has 5 nitrogen and oxygen atoms in total. The molecular formula is C17H12ClFN4OS. The van der Waals surface area contributed by atoms with E-state index in [0.717, 1.165) is 16.4 Å². The number of rotatable bonds is 4. The zero-order chi connectivity index (χ0) is 17.2. The van der Waals surface area contributed by atoms with Gasteiger partial charge in [-0.25, -0.2) is 4.39 Å². The second-order valence-corrected chi connectivity index (χ2v) is 6.67. The highest BCUT2D eigenvalue weighted by atomic mass is 35.5. The highest BCUT2D eigenvalue weighted by Crippen LogP contribution is 2.25. The van der Waals surface area contributed by atoms with Crippen molar-refractivity contribution in [2.45, 2.75) is 11.8 Å². The summed E-state index contributed by atoms with van der Waals surface area (Å²) in [7, 11) is 0. The normalized spacial score (nSPS) is 13.3. The van der Waals surface area contributed by atoms with Gasteiger partial charge in [-0.05, 0) is 42.0 Å². The van der Waals surface area contributed by atoms with Crippen LogP contribution in [0.15, 0.2) is 58.8 Å². The summed E-state index contributed by atoms with van der Waals surface area (Å²) in [4.78, 5) is 0. The molecule has 0 aliphatic carbocycles. The highest BCUT2D eigenvalue weighted by molar-refractivity contribution is 7.99. The summed E-state index contributed by atoms with van der Waals surface area (Å²) in [6.45, 7) is 0.191. The van der Waals surface area contributed by atoms with Crippen LogP contribution in [-0.4, -0.2) is 26.3 Å². The molecule has 126 valence electrons. The number of halogens is 2. The molecule has 0 amide bonds. The zero-order valence-corrected chi connectivity index (χ0v) is 14.5. The fraction of sp³-hybridized carbons (Fsp3) is 0.118. The van der Waals surface area contributed by atoms with Crippen LogP contribution < -0.4 is 4.74 Å². The smallest absolute Gasteiger partial charge is 0.212 e. The minimum atomic E-state index is -0.305. The molecule has 2 aromatic carbocycles. The molecular weight excluding hydrogens is 363 g/mol. The minimum absolute atomic E-state index is 0.191. The molecule has 0 fully saturated rings. The number of nitrogens with zero attached hydrogens (tertiary/aromatic N) is 4. The average molecular weight is 375 g/mol. The summed E-state index contributed by atoms with van der Waals surface area (Å²) < 4.78 is 20.3. The molecule has 4 rings (SSSR count). The molecule has 0 spiro atoms. The van der Waals surface area contributed by atoms with Gasteiger partial charge in [0.15, 0.2) is 5.82 Å². The fourth-order valence-corrected chi connectivity index (χ4v) is 3.30. The summed E-state index contributed by atoms with van der Waals surface area (Å²) in [5, 5.41) is 14.3. The van der Waals surface area contributed by atoms with Crippen LogP contribution in [0.5, 0.6) is 5.75 Å². The topological polar surface area (TPSA) is 52.3 Å². The van der Waals surface area contributed by atoms with E-state index < -0.39 is 0 Å². The molecule has 25 heavy (non-hydrogen) atoms. The standard InChI is InChI=1S/C17H12ClFN4OS/c18-12-3-1-11(2-4-12)15-10-25-17-21-20-16(23(17)22-15)9-24-14-7-5-13(19)6-8-14/h1-8H,9-10H2. The Morgan fingerprint density at radius 2 is 1.84 bits per heavy atom. The Hall–Kier alpha value is -2.38. The number of aromatic nitrogens is 3. The van der Waals surface area contributed by atoms with Gasteiger partial charge in [0, 0.05) is 10.8 Å². The van der Waals surface area contributed by atoms with Crippen molar-refractivity contribution < 1.29 is 9.13 Å². The largest absolute Gasteiger partial charge is 0.486 e. The molecule has 1 aliphatic rings. The first-order valence-electron chi connectivity index (χ1n) is 7.48. The molecule has 0 saturated heterocycles. The maximum absolute atomic E-state index is 12.9. The van der Waals surface area contributed by atoms with Crippen LogP contribution in [0.4, 0.5) is 4.39 Å². The summed E-state index contributed by atoms with van der Waals surface area (Å²) in [5.74, 6) is 1.54. The Bertz CT molecular complexity index is 925. The van der Waals surface area contributed by atoms with Crippen molar-refractivity contribution in [1.82, 2.24) is 14.9 Å². The van der Waals surface area contributed by atoms with E-state index in [1.165, 1.54) is 12.1 Å². The van der Waals surface area contributed by atoms with Crippen LogP contribution >= 0.6 is 23.4 Å². The van der Waals surface area contributed by atoms with Gasteiger partial charge < -0.3 is 4.74 Å². The number of hydrogen-bond acceptors (Lipinski definition) is 5. The second kappa shape index (κ2) is 6.85. The lowest BCUT2D eigenvalue weighted by Gasteiger charge is -2.14. The first-order chi connectivity index (χ1) is 12.2. The molecule has 0 atom stereocenters. The SMILES string of the molecule is Fc1ccc(OCc2nnc3n2N=C(c2ccc(Cl)cc2)CS3)cc1. The zero-order valence-electron chi connectivity index (χ0n) is 12.9. The Morgan fingerprint density at radius 1 is 1.08 bits per heavy atom. The van der Waals surface area contributed by atoms with Gasteiger partial charge in [0.25, 0.3) is 0 Å². The number of ether oxygens (including phenoxy) is 1. The lowest BCUT2D eigenvalue weighted by Crippen LogP contribution is -2.15. The van der Waals surface area contributed by atoms with Crippen molar-refractivity contribution in [1.29, 1.82) is 0 Å². The van der Waals surface area contributed by atoms with Crippen molar-refractivity contribution in [3.8, 4) is 5.75 Å². The van der Waals surface area contributed by atoms with Gasteiger partial charge in [-0.2, -0.15) is 9.78 Å². The van der Waals surface area contributed by atoms with E-state index in [0.29, 0.717) is 22.3 Å². The van der Waals surface area contributed by atoms with Crippen LogP contribution in [0.2, 0.25) is 5.02 Å². The molecule has 0 bridgehead atoms. The number of hydrogen-bond donors (Lipinski definition) is 0. The van der Waals surface area contributed by atoms with Gasteiger partial charge in [0.05, 0.1) is 5.71 Å². The van der Waals surface area contributed by atoms with E-state index in [2.05, 4.69) is 15.3 Å². The van der Waals surface area contributed by atoms with Crippen molar-refractivity contribution in [3.63, 3.8) is 0 Å². The number of fused-ring (bicyclic) bond motifs is 1. The molecule has 1 aliphatic heterocycles. The molecule has 0 saturated carbocycles. The molecule has 0 N–H and O–H groups in total. The number of thioether (sulfide) groups is 1. The van der Waals surface area contributed by atoms with Crippen LogP contribution in [0.3, 0.4) is 0 Å². The van der Waals surface area contributed by atoms with E-state index in [4.69, 9.17) is 16.3 Å². The van der Waals surface area contributed by atoms with E-state index in [-0.39, 0.29) is 12.4 Å². The molecule has 2 heterocycles. The minimum Gasteiger partial charge on any atom is -0.486 e. The molecule has 0 unspecified atom stereocenters. The van der Waals surface area contributed by atoms with Gasteiger partial charge in [-0.3, -0.25) is 0 Å². The van der Waals surface area contributed by atoms with Gasteiger partial charge in [0.1, 0.15) is 18.2 Å². The second-order valence-electron chi connectivity index (χ2n) is 5.30. The third kappa shape index (κ3) is 3.52. The third-order valence-corrected chi connectivity index (χ3v) is 4.78. The summed E-state index contributed by atoms with van der Waals surface area (Å²) >= 11 is 7.50. The van der Waals surface area contributed by atoms with Crippen molar-refractivity contribution in [2.24, 2.45) is 5.10 Å². The average Bonchev–Trinajstić information content (AvgIpc) is 3.04. The van der Waals surface area contributed by atoms with Crippen LogP contribution in [-0.2, 0) is 6.61 Å². The highest BCUT2D eigenvalue weighted by Gasteiger charge is 2.20. The van der Waals surface area contributed by atoms with E-state index >= 15 is 0 Å². The van der Waals surface area contributed by atoms with Crippen LogP contribution in [0.1, 0.15) is 11.4 Å². The van der Waals surface area contributed by atoms with Gasteiger partial charge in [-0.15, -0.1) is 10.2 Å². The fourth-order valence-electron chi connectivity index (χ4n) is 2.32. The third-order valence-electron chi connectivity index (χ3n) is 3.59. The molecule has 3 aromatic rings. The van der Waals surface area contributed by atoms with E-state index in [9.17, 15) is 4.39 Å². The van der Waals surface area contributed by atoms with Gasteiger partial charge in [-0.1, -0.05) is 35.5 Å². The van der Waals surface area contributed by atoms with Gasteiger partial charge >= 0.3 is 0 Å². The van der Waals surface area contributed by atoms with Crippen molar-refractivity contribution in [3.05, 3.63) is 70.8 Å². The number of benzene rings is 2. The first kappa shape index (κ1) is 16.1. The maximum atomic E-state index is 12.9. The molecule has 8 heteroatoms. The van der Waals surface area contributed by atoms with Crippen LogP contribution in [0, 0.1) is 5.82 Å². The van der Waals surface area contributed by atoms with E-state index in [1.54, 1.807) is 28.6 Å². The Labute approximate surface area is 152 Å². The summed E-state index contributed by atoms with van der Waals surface area (Å²) in [6, 6.07) is 13.4. The lowest BCUT2D eigenvalue weighted by molar-refractivity contribution is 0.289. The summed E-state index contributed by atoms with van der Waals surface area (Å²) in [6.07, 6.45) is 0. The maximum Gasteiger partial charge on any atom is 0.212 e. The predicted octanol–water partition coefficient (Wildman–Crippen LogP) is 4.01. The molecule has 1 aromatic heterocycles. The monoisotopic (exact) mass is 374 g/mol. The predicted molar refractivity (Wildman–Crippen MR) is 94.9 cm³/mol. The summed E-state index contributed by atoms with van der Waals surface area (Å²) in [5.41, 5.74) is 1.92. The van der Waals surface area contributed by atoms with Crippen molar-refractivity contribution in [2.75, 3.05) is 5.75 Å². The lowest BCUT2D eigenvalue weighted by atomic mass is 10.1. The van der Waals surface area contributed by atoms with Crippen molar-refractivity contribution >= 4 is 29.1 Å². The van der Waals surface area contributed by atoms with E-state index in [1.807, 2.05) is 24.3 Å². The Morgan fingerprint density at radius 3 is 2.60 bits per heavy atom. The molecule has 0 radical (unpaired) electrons. The Balaban J connectivity index is 1.56. The van der Waals surface area contributed by atoms with Gasteiger partial charge in [0.2, 0.25) is 5.16 Å². The Kier molecular flexibility index (Phi) is 4.42. The van der Waals surface area contributed by atoms with Crippen LogP contribution in [0.25, 0.3) is 0 Å². The first-order valence-corrected chi connectivity index (χ1v) is 8.85. The quantitative estimate of drug-likeness (QED) is 0.692.